The molecule has 0 spiro atoms. The molecule has 0 aliphatic heterocycles. The average molecular weight is 261 g/mol. The van der Waals surface area contributed by atoms with Crippen LogP contribution < -0.4 is 0 Å². The highest BCUT2D eigenvalue weighted by molar-refractivity contribution is 5.93. The number of benzene rings is 1. The molecule has 1 heterocycles. The highest BCUT2D eigenvalue weighted by Gasteiger charge is 2.14. The number of carboxylic acids is 1. The number of carbonyl (C=O) groups excluding carboxylic acids is 1. The third-order valence-electron chi connectivity index (χ3n) is 2.98. The Balaban J connectivity index is 2.52. The number of carbonyl (C=O) groups is 2. The van der Waals surface area contributed by atoms with Gasteiger partial charge in [0.25, 0.3) is 0 Å². The van der Waals surface area contributed by atoms with Gasteiger partial charge < -0.3 is 14.6 Å². The molecule has 0 radical (unpaired) electrons. The lowest BCUT2D eigenvalue weighted by molar-refractivity contribution is -0.129. The number of fused-ring (bicyclic) bond motifs is 1. The Kier molecular flexibility index (Phi) is 3.25. The Bertz CT molecular complexity index is 658. The molecule has 0 saturated carbocycles. The van der Waals surface area contributed by atoms with Crippen LogP contribution in [0.15, 0.2) is 18.2 Å². The van der Waals surface area contributed by atoms with Crippen LogP contribution in [0.2, 0.25) is 0 Å². The molecule has 0 saturated heterocycles. The van der Waals surface area contributed by atoms with Crippen LogP contribution in [-0.2, 0) is 11.3 Å². The Morgan fingerprint density at radius 2 is 2.05 bits per heavy atom. The molecule has 1 aromatic carbocycles. The van der Waals surface area contributed by atoms with Crippen LogP contribution in [0.3, 0.4) is 0 Å². The number of rotatable bonds is 3. The molecule has 1 aromatic heterocycles. The van der Waals surface area contributed by atoms with Crippen LogP contribution in [0.25, 0.3) is 11.0 Å². The van der Waals surface area contributed by atoms with Gasteiger partial charge in [-0.2, -0.15) is 0 Å². The lowest BCUT2D eigenvalue weighted by Gasteiger charge is -2.12. The molecular formula is C13H15N3O3. The fraction of sp³-hybridized carbons (Fsp3) is 0.308. The number of likely N-dealkylation sites (N-methyl/N-ethyl adjacent to an activating group) is 1. The normalized spacial score (nSPS) is 10.7. The number of hydrogen-bond donors (Lipinski definition) is 1. The Hall–Kier alpha value is -2.37. The van der Waals surface area contributed by atoms with Crippen molar-refractivity contribution in [3.8, 4) is 0 Å². The van der Waals surface area contributed by atoms with Crippen molar-refractivity contribution in [2.24, 2.45) is 0 Å². The molecular weight excluding hydrogens is 246 g/mol. The van der Waals surface area contributed by atoms with Crippen molar-refractivity contribution in [3.63, 3.8) is 0 Å². The van der Waals surface area contributed by atoms with Gasteiger partial charge in [-0.1, -0.05) is 0 Å². The maximum absolute atomic E-state index is 11.8. The second-order valence-corrected chi connectivity index (χ2v) is 4.54. The molecule has 2 rings (SSSR count). The van der Waals surface area contributed by atoms with Crippen molar-refractivity contribution >= 4 is 22.9 Å². The maximum Gasteiger partial charge on any atom is 0.335 e. The number of aryl methyl sites for hydroxylation is 1. The first-order chi connectivity index (χ1) is 8.90. The van der Waals surface area contributed by atoms with E-state index in [0.29, 0.717) is 16.9 Å². The summed E-state index contributed by atoms with van der Waals surface area (Å²) in [6.45, 7) is 1.95. The zero-order valence-electron chi connectivity index (χ0n) is 11.0. The average Bonchev–Trinajstić information content (AvgIpc) is 2.65. The number of aromatic carboxylic acids is 1. The molecule has 100 valence electrons. The van der Waals surface area contributed by atoms with Crippen LogP contribution in [0, 0.1) is 6.92 Å². The summed E-state index contributed by atoms with van der Waals surface area (Å²) in [5, 5.41) is 9.01. The van der Waals surface area contributed by atoms with E-state index in [0.717, 1.165) is 0 Å². The van der Waals surface area contributed by atoms with E-state index >= 15 is 0 Å². The highest BCUT2D eigenvalue weighted by atomic mass is 16.4. The van der Waals surface area contributed by atoms with Gasteiger partial charge >= 0.3 is 5.97 Å². The topological polar surface area (TPSA) is 75.4 Å². The minimum atomic E-state index is -0.994. The van der Waals surface area contributed by atoms with Crippen molar-refractivity contribution in [3.05, 3.63) is 29.6 Å². The molecule has 0 aliphatic rings. The van der Waals surface area contributed by atoms with E-state index in [2.05, 4.69) is 4.98 Å². The lowest BCUT2D eigenvalue weighted by Crippen LogP contribution is -2.26. The molecule has 0 bridgehead atoms. The van der Waals surface area contributed by atoms with E-state index in [-0.39, 0.29) is 18.0 Å². The monoisotopic (exact) mass is 261 g/mol. The molecule has 2 aromatic rings. The fourth-order valence-corrected chi connectivity index (χ4v) is 1.85. The number of imidazole rings is 1. The summed E-state index contributed by atoms with van der Waals surface area (Å²) >= 11 is 0. The van der Waals surface area contributed by atoms with Crippen LogP contribution in [0.1, 0.15) is 16.2 Å². The van der Waals surface area contributed by atoms with E-state index in [1.807, 2.05) is 0 Å². The number of hydrogen-bond acceptors (Lipinski definition) is 3. The molecule has 0 aliphatic carbocycles. The van der Waals surface area contributed by atoms with Gasteiger partial charge in [-0.05, 0) is 25.1 Å². The zero-order chi connectivity index (χ0) is 14.2. The third kappa shape index (κ3) is 2.42. The summed E-state index contributed by atoms with van der Waals surface area (Å²) in [6.07, 6.45) is 0. The third-order valence-corrected chi connectivity index (χ3v) is 2.98. The van der Waals surface area contributed by atoms with Gasteiger partial charge in [0.05, 0.1) is 16.6 Å². The zero-order valence-corrected chi connectivity index (χ0v) is 11.0. The van der Waals surface area contributed by atoms with E-state index in [4.69, 9.17) is 5.11 Å². The van der Waals surface area contributed by atoms with Crippen molar-refractivity contribution in [1.29, 1.82) is 0 Å². The van der Waals surface area contributed by atoms with Gasteiger partial charge in [0.1, 0.15) is 12.4 Å². The van der Waals surface area contributed by atoms with E-state index < -0.39 is 5.97 Å². The number of carboxylic acid groups (broad SMARTS) is 1. The van der Waals surface area contributed by atoms with E-state index in [1.54, 1.807) is 37.7 Å². The Labute approximate surface area is 110 Å². The van der Waals surface area contributed by atoms with E-state index in [9.17, 15) is 9.59 Å². The SMILES string of the molecule is Cc1nc2ccc(C(=O)O)cc2n1CC(=O)N(C)C. The predicted molar refractivity (Wildman–Crippen MR) is 70.1 cm³/mol. The smallest absolute Gasteiger partial charge is 0.335 e. The number of aromatic nitrogens is 2. The van der Waals surface area contributed by atoms with Gasteiger partial charge in [0.15, 0.2) is 0 Å². The van der Waals surface area contributed by atoms with Crippen molar-refractivity contribution < 1.29 is 14.7 Å². The largest absolute Gasteiger partial charge is 0.478 e. The lowest BCUT2D eigenvalue weighted by atomic mass is 10.2. The van der Waals surface area contributed by atoms with Crippen LogP contribution in [-0.4, -0.2) is 45.5 Å². The van der Waals surface area contributed by atoms with Crippen LogP contribution in [0.4, 0.5) is 0 Å². The van der Waals surface area contributed by atoms with Crippen molar-refractivity contribution in [1.82, 2.24) is 14.5 Å². The molecule has 6 nitrogen and oxygen atoms in total. The number of amides is 1. The first-order valence-electron chi connectivity index (χ1n) is 5.80. The minimum Gasteiger partial charge on any atom is -0.478 e. The van der Waals surface area contributed by atoms with Gasteiger partial charge in [0, 0.05) is 14.1 Å². The van der Waals surface area contributed by atoms with Gasteiger partial charge in [-0.25, -0.2) is 9.78 Å². The van der Waals surface area contributed by atoms with E-state index in [1.165, 1.54) is 11.0 Å². The Morgan fingerprint density at radius 1 is 1.37 bits per heavy atom. The minimum absolute atomic E-state index is 0.0665. The second kappa shape index (κ2) is 4.72. The predicted octanol–water partition coefficient (Wildman–Crippen LogP) is 1.13. The summed E-state index contributed by atoms with van der Waals surface area (Å²) in [7, 11) is 3.36. The van der Waals surface area contributed by atoms with Crippen molar-refractivity contribution in [2.75, 3.05) is 14.1 Å². The van der Waals surface area contributed by atoms with Gasteiger partial charge in [-0.15, -0.1) is 0 Å². The standard InChI is InChI=1S/C13H15N3O3/c1-8-14-10-5-4-9(13(18)19)6-11(10)16(8)7-12(17)15(2)3/h4-6H,7H2,1-3H3,(H,18,19). The van der Waals surface area contributed by atoms with Crippen molar-refractivity contribution in [2.45, 2.75) is 13.5 Å². The van der Waals surface area contributed by atoms with Crippen LogP contribution >= 0.6 is 0 Å². The molecule has 19 heavy (non-hydrogen) atoms. The molecule has 0 fully saturated rings. The maximum atomic E-state index is 11.8. The second-order valence-electron chi connectivity index (χ2n) is 4.54. The fourth-order valence-electron chi connectivity index (χ4n) is 1.85. The first-order valence-corrected chi connectivity index (χ1v) is 5.80. The highest BCUT2D eigenvalue weighted by Crippen LogP contribution is 2.18. The van der Waals surface area contributed by atoms with Gasteiger partial charge in [-0.3, -0.25) is 4.79 Å². The number of nitrogens with zero attached hydrogens (tertiary/aromatic N) is 3. The molecule has 1 amide bonds. The summed E-state index contributed by atoms with van der Waals surface area (Å²) in [5.74, 6) is -0.373. The molecule has 1 N–H and O–H groups in total. The van der Waals surface area contributed by atoms with Crippen LogP contribution in [0.5, 0.6) is 0 Å². The first kappa shape index (κ1) is 13.1. The Morgan fingerprint density at radius 3 is 2.63 bits per heavy atom. The quantitative estimate of drug-likeness (QED) is 0.898. The molecule has 6 heteroatoms. The van der Waals surface area contributed by atoms with Gasteiger partial charge in [0.2, 0.25) is 5.91 Å². The summed E-state index contributed by atoms with van der Waals surface area (Å²) in [6, 6.07) is 4.71. The molecule has 0 atom stereocenters. The molecule has 0 unspecified atom stereocenters. The summed E-state index contributed by atoms with van der Waals surface area (Å²) in [5.41, 5.74) is 1.53. The summed E-state index contributed by atoms with van der Waals surface area (Å²) < 4.78 is 1.73. The summed E-state index contributed by atoms with van der Waals surface area (Å²) in [4.78, 5) is 28.6.